The summed E-state index contributed by atoms with van der Waals surface area (Å²) in [6.07, 6.45) is 2.50. The lowest BCUT2D eigenvalue weighted by atomic mass is 10.1. The molecule has 11 heteroatoms. The van der Waals surface area contributed by atoms with Gasteiger partial charge >= 0.3 is 0 Å². The molecule has 4 heterocycles. The third kappa shape index (κ3) is 4.26. The number of nitrogens with zero attached hydrogens (tertiary/aromatic N) is 6. The fraction of sp³-hybridized carbons (Fsp3) is 0.320. The Morgan fingerprint density at radius 3 is 2.53 bits per heavy atom. The van der Waals surface area contributed by atoms with Crippen LogP contribution in [0, 0.1) is 18.6 Å². The van der Waals surface area contributed by atoms with Crippen LogP contribution in [0.5, 0.6) is 0 Å². The van der Waals surface area contributed by atoms with Crippen LogP contribution in [0.25, 0.3) is 22.3 Å². The van der Waals surface area contributed by atoms with Crippen LogP contribution < -0.4 is 10.6 Å². The molecule has 186 valence electrons. The summed E-state index contributed by atoms with van der Waals surface area (Å²) in [4.78, 5) is 31.1. The fourth-order valence-electron chi connectivity index (χ4n) is 4.41. The third-order valence-corrected chi connectivity index (χ3v) is 6.29. The van der Waals surface area contributed by atoms with Crippen molar-refractivity contribution >= 4 is 28.7 Å². The van der Waals surface area contributed by atoms with Gasteiger partial charge in [-0.2, -0.15) is 0 Å². The van der Waals surface area contributed by atoms with Gasteiger partial charge in [-0.1, -0.05) is 0 Å². The molecule has 4 aromatic rings. The Hall–Kier alpha value is -3.99. The van der Waals surface area contributed by atoms with E-state index in [1.165, 1.54) is 12.3 Å². The second-order valence-electron chi connectivity index (χ2n) is 9.09. The van der Waals surface area contributed by atoms with Crippen molar-refractivity contribution in [2.24, 2.45) is 0 Å². The molecule has 9 nitrogen and oxygen atoms in total. The van der Waals surface area contributed by atoms with Gasteiger partial charge in [0, 0.05) is 36.9 Å². The highest BCUT2D eigenvalue weighted by Crippen LogP contribution is 2.30. The number of fused-ring (bicyclic) bond motifs is 1. The number of rotatable bonds is 6. The number of hydrogen-bond acceptors (Lipinski definition) is 7. The number of aromatic nitrogens is 5. The minimum Gasteiger partial charge on any atom is -0.335 e. The van der Waals surface area contributed by atoms with Gasteiger partial charge in [-0.25, -0.2) is 28.7 Å². The average Bonchev–Trinajstić information content (AvgIpc) is 3.16. The van der Waals surface area contributed by atoms with E-state index in [0.717, 1.165) is 6.20 Å². The number of hydrogen-bond donors (Lipinski definition) is 2. The lowest BCUT2D eigenvalue weighted by Crippen LogP contribution is -2.58. The second kappa shape index (κ2) is 9.23. The number of nitrogens with one attached hydrogen (secondary N) is 2. The highest BCUT2D eigenvalue weighted by atomic mass is 19.1. The van der Waals surface area contributed by atoms with Gasteiger partial charge in [-0.05, 0) is 52.1 Å². The molecule has 1 aliphatic heterocycles. The van der Waals surface area contributed by atoms with E-state index in [-0.39, 0.29) is 34.7 Å². The molecule has 0 spiro atoms. The van der Waals surface area contributed by atoms with Gasteiger partial charge in [0.05, 0.1) is 17.3 Å². The number of likely N-dealkylation sites (N-methyl/N-ethyl adjacent to an activating group) is 1. The number of likely N-dealkylation sites (tertiary alicyclic amines) is 1. The van der Waals surface area contributed by atoms with Gasteiger partial charge in [0.1, 0.15) is 22.9 Å². The first-order valence-corrected chi connectivity index (χ1v) is 11.7. The number of halogens is 2. The molecular formula is C25H26F2N8O. The Kier molecular flexibility index (Phi) is 6.09. The Labute approximate surface area is 206 Å². The summed E-state index contributed by atoms with van der Waals surface area (Å²) in [6.45, 7) is 7.07. The standard InChI is InChI=1S/C25H26F2N8O/c1-13(2)35-14(3)31-23-18(26)7-16(8-20(23)35)22-19(27)10-30-25(33-22)32-21-6-5-15(9-29-21)24(36)34-11-17(12-34)28-4/h5-10,13,17,28H,11-12H2,1-4H3,(H,29,30,32,33). The number of amides is 1. The van der Waals surface area contributed by atoms with Crippen LogP contribution in [0.1, 0.15) is 36.1 Å². The molecule has 1 aliphatic rings. The van der Waals surface area contributed by atoms with Crippen molar-refractivity contribution in [3.63, 3.8) is 0 Å². The van der Waals surface area contributed by atoms with E-state index < -0.39 is 11.6 Å². The van der Waals surface area contributed by atoms with E-state index >= 15 is 0 Å². The van der Waals surface area contributed by atoms with Crippen LogP contribution in [0.15, 0.2) is 36.7 Å². The number of aryl methyl sites for hydroxylation is 1. The topological polar surface area (TPSA) is 101 Å². The summed E-state index contributed by atoms with van der Waals surface area (Å²) in [7, 11) is 1.87. The van der Waals surface area contributed by atoms with Crippen molar-refractivity contribution in [3.8, 4) is 11.3 Å². The number of pyridine rings is 1. The number of imidazole rings is 1. The summed E-state index contributed by atoms with van der Waals surface area (Å²) in [5.41, 5.74) is 1.49. The van der Waals surface area contributed by atoms with Gasteiger partial charge in [-0.15, -0.1) is 0 Å². The van der Waals surface area contributed by atoms with Crippen molar-refractivity contribution in [1.29, 1.82) is 0 Å². The number of benzene rings is 1. The lowest BCUT2D eigenvalue weighted by molar-refractivity contribution is 0.0576. The van der Waals surface area contributed by atoms with Gasteiger partial charge < -0.3 is 20.1 Å². The monoisotopic (exact) mass is 492 g/mol. The maximum Gasteiger partial charge on any atom is 0.255 e. The number of anilines is 2. The summed E-state index contributed by atoms with van der Waals surface area (Å²) < 4.78 is 31.5. The molecule has 2 N–H and O–H groups in total. The van der Waals surface area contributed by atoms with Crippen LogP contribution in [0.4, 0.5) is 20.5 Å². The largest absolute Gasteiger partial charge is 0.335 e. The van der Waals surface area contributed by atoms with Crippen LogP contribution in [-0.2, 0) is 0 Å². The maximum atomic E-state index is 14.9. The second-order valence-corrected chi connectivity index (χ2v) is 9.09. The molecule has 1 saturated heterocycles. The first-order chi connectivity index (χ1) is 17.2. The highest BCUT2D eigenvalue weighted by Gasteiger charge is 2.30. The quantitative estimate of drug-likeness (QED) is 0.422. The van der Waals surface area contributed by atoms with E-state index in [2.05, 4.69) is 30.6 Å². The summed E-state index contributed by atoms with van der Waals surface area (Å²) in [6, 6.07) is 6.56. The molecule has 0 unspecified atom stereocenters. The van der Waals surface area contributed by atoms with Crippen LogP contribution in [-0.4, -0.2) is 61.5 Å². The minimum absolute atomic E-state index is 0.0453. The smallest absolute Gasteiger partial charge is 0.255 e. The first-order valence-electron chi connectivity index (χ1n) is 11.7. The normalized spacial score (nSPS) is 13.9. The molecular weight excluding hydrogens is 466 g/mol. The van der Waals surface area contributed by atoms with Crippen LogP contribution in [0.2, 0.25) is 0 Å². The summed E-state index contributed by atoms with van der Waals surface area (Å²) in [5.74, 6) is -0.181. The zero-order valence-electron chi connectivity index (χ0n) is 20.4. The van der Waals surface area contributed by atoms with Gasteiger partial charge in [-0.3, -0.25) is 4.79 Å². The predicted molar refractivity (Wildman–Crippen MR) is 132 cm³/mol. The molecule has 0 saturated carbocycles. The van der Waals surface area contributed by atoms with Crippen molar-refractivity contribution in [1.82, 2.24) is 34.7 Å². The van der Waals surface area contributed by atoms with E-state index in [0.29, 0.717) is 41.9 Å². The Morgan fingerprint density at radius 1 is 1.08 bits per heavy atom. The predicted octanol–water partition coefficient (Wildman–Crippen LogP) is 3.84. The number of carbonyl (C=O) groups is 1. The lowest BCUT2D eigenvalue weighted by Gasteiger charge is -2.39. The molecule has 36 heavy (non-hydrogen) atoms. The Morgan fingerprint density at radius 2 is 1.86 bits per heavy atom. The average molecular weight is 493 g/mol. The zero-order valence-corrected chi connectivity index (χ0v) is 20.4. The van der Waals surface area contributed by atoms with E-state index in [1.54, 1.807) is 30.0 Å². The van der Waals surface area contributed by atoms with Crippen LogP contribution in [0.3, 0.4) is 0 Å². The number of carbonyl (C=O) groups excluding carboxylic acids is 1. The van der Waals surface area contributed by atoms with Crippen molar-refractivity contribution in [3.05, 3.63) is 59.7 Å². The molecule has 3 aromatic heterocycles. The van der Waals surface area contributed by atoms with Gasteiger partial charge in [0.2, 0.25) is 5.95 Å². The van der Waals surface area contributed by atoms with Crippen LogP contribution >= 0.6 is 0 Å². The summed E-state index contributed by atoms with van der Waals surface area (Å²) in [5, 5.41) is 6.05. The minimum atomic E-state index is -0.685. The fourth-order valence-corrected chi connectivity index (χ4v) is 4.41. The molecule has 0 aliphatic carbocycles. The van der Waals surface area contributed by atoms with E-state index in [9.17, 15) is 13.6 Å². The molecule has 1 fully saturated rings. The van der Waals surface area contributed by atoms with E-state index in [1.807, 2.05) is 25.5 Å². The Balaban J connectivity index is 1.40. The van der Waals surface area contributed by atoms with Crippen molar-refractivity contribution < 1.29 is 13.6 Å². The van der Waals surface area contributed by atoms with Crippen molar-refractivity contribution in [2.45, 2.75) is 32.9 Å². The highest BCUT2D eigenvalue weighted by molar-refractivity contribution is 5.94. The molecule has 1 aromatic carbocycles. The Bertz CT molecular complexity index is 1440. The molecule has 1 amide bonds. The molecule has 0 atom stereocenters. The maximum absolute atomic E-state index is 14.9. The first kappa shape index (κ1) is 23.7. The molecule has 0 bridgehead atoms. The molecule has 5 rings (SSSR count). The van der Waals surface area contributed by atoms with Gasteiger partial charge in [0.25, 0.3) is 5.91 Å². The van der Waals surface area contributed by atoms with Gasteiger partial charge in [0.15, 0.2) is 11.6 Å². The van der Waals surface area contributed by atoms with E-state index in [4.69, 9.17) is 0 Å². The zero-order chi connectivity index (χ0) is 25.6. The third-order valence-electron chi connectivity index (χ3n) is 6.29. The summed E-state index contributed by atoms with van der Waals surface area (Å²) >= 11 is 0. The SMILES string of the molecule is CNC1CN(C(=O)c2ccc(Nc3ncc(F)c(-c4cc(F)c5nc(C)n(C(C)C)c5c4)n3)nc2)C1. The van der Waals surface area contributed by atoms with Crippen molar-refractivity contribution in [2.75, 3.05) is 25.5 Å². The molecule has 0 radical (unpaired) electrons.